The number of rotatable bonds is 10. The van der Waals surface area contributed by atoms with Crippen molar-refractivity contribution in [1.29, 1.82) is 0 Å². The van der Waals surface area contributed by atoms with Gasteiger partial charge in [0.2, 0.25) is 5.91 Å². The Morgan fingerprint density at radius 1 is 1.33 bits per heavy atom. The van der Waals surface area contributed by atoms with Crippen LogP contribution < -0.4 is 9.86 Å². The molecule has 1 saturated heterocycles. The van der Waals surface area contributed by atoms with Crippen molar-refractivity contribution in [2.45, 2.75) is 77.4 Å². The zero-order valence-electron chi connectivity index (χ0n) is 21.6. The Bertz CT molecular complexity index is 1120. The molecule has 4 N–H and O–H groups in total. The molecular weight excluding hydrogens is 500 g/mol. The maximum atomic E-state index is 12.4. The molecule has 3 rings (SSSR count). The number of nitrogens with zero attached hydrogens (tertiary/aromatic N) is 2. The summed E-state index contributed by atoms with van der Waals surface area (Å²) in [5.74, 6) is -0.313. The van der Waals surface area contributed by atoms with Gasteiger partial charge in [0.1, 0.15) is 0 Å². The fraction of sp³-hybridized carbons (Fsp3) is 0.600. The van der Waals surface area contributed by atoms with Crippen molar-refractivity contribution in [3.63, 3.8) is 0 Å². The minimum atomic E-state index is -3.82. The van der Waals surface area contributed by atoms with Gasteiger partial charge in [0.25, 0.3) is 10.2 Å². The fourth-order valence-corrected chi connectivity index (χ4v) is 7.24. The molecule has 9 nitrogen and oxygen atoms in total. The number of allylic oxidation sites excluding steroid dienone is 1. The average Bonchev–Trinajstić information content (AvgIpc) is 3.27. The molecule has 0 spiro atoms. The number of amides is 1. The van der Waals surface area contributed by atoms with Crippen molar-refractivity contribution in [2.75, 3.05) is 13.1 Å². The Kier molecular flexibility index (Phi) is 9.40. The van der Waals surface area contributed by atoms with E-state index in [0.717, 1.165) is 16.8 Å². The third-order valence-corrected chi connectivity index (χ3v) is 9.21. The molecule has 2 aliphatic heterocycles. The summed E-state index contributed by atoms with van der Waals surface area (Å²) in [6.07, 6.45) is 1.21. The molecular formula is C25H38N4O5S2. The SMILES string of the molecule is CC(=O)N1C(C=O)=C(S[C@H]2C[C@@H](CNS(N)(=O)=O)N(Cc3ccc(C)c(C)c3)C2)[C@H](C)[C@@H]1C[C@@H](C)O. The van der Waals surface area contributed by atoms with Gasteiger partial charge in [-0.1, -0.05) is 25.1 Å². The standard InChI is InChI=1S/C25H38N4O5S2/c1-15-6-7-20(8-16(15)2)12-28-13-22(10-21(28)11-27-36(26,33)34)35-25-18(4)23(9-17(3)31)29(19(5)32)24(25)14-30/h6-8,14,17-18,21-23,27,31H,9-13H2,1-5H3,(H2,26,33,34)/t17-,18-,21+,22+,23+/m1/s1. The van der Waals surface area contributed by atoms with Crippen LogP contribution in [0.15, 0.2) is 28.8 Å². The van der Waals surface area contributed by atoms with Crippen LogP contribution in [0.5, 0.6) is 0 Å². The largest absolute Gasteiger partial charge is 0.393 e. The Hall–Kier alpha value is -1.76. The van der Waals surface area contributed by atoms with E-state index in [1.54, 1.807) is 18.7 Å². The second kappa shape index (κ2) is 11.7. The van der Waals surface area contributed by atoms with E-state index in [4.69, 9.17) is 5.14 Å². The first-order valence-electron chi connectivity index (χ1n) is 12.2. The smallest absolute Gasteiger partial charge is 0.274 e. The normalized spacial score (nSPS) is 26.0. The number of hydrogen-bond acceptors (Lipinski definition) is 7. The van der Waals surface area contributed by atoms with Crippen molar-refractivity contribution in [1.82, 2.24) is 14.5 Å². The van der Waals surface area contributed by atoms with Gasteiger partial charge in [-0.15, -0.1) is 11.8 Å². The Labute approximate surface area is 218 Å². The minimum absolute atomic E-state index is 0.0726. The number of thioether (sulfide) groups is 1. The third kappa shape index (κ3) is 6.96. The van der Waals surface area contributed by atoms with Crippen LogP contribution in [0.2, 0.25) is 0 Å². The summed E-state index contributed by atoms with van der Waals surface area (Å²) in [6, 6.07) is 5.97. The highest BCUT2D eigenvalue weighted by Crippen LogP contribution is 2.45. The molecule has 200 valence electrons. The number of aryl methyl sites for hydroxylation is 2. The maximum Gasteiger partial charge on any atom is 0.274 e. The molecule has 1 amide bonds. The number of likely N-dealkylation sites (tertiary alicyclic amines) is 1. The quantitative estimate of drug-likeness (QED) is 0.387. The van der Waals surface area contributed by atoms with E-state index in [0.29, 0.717) is 31.6 Å². The summed E-state index contributed by atoms with van der Waals surface area (Å²) < 4.78 is 25.6. The molecule has 1 fully saturated rings. The molecule has 36 heavy (non-hydrogen) atoms. The molecule has 2 heterocycles. The van der Waals surface area contributed by atoms with Gasteiger partial charge in [0.05, 0.1) is 11.8 Å². The maximum absolute atomic E-state index is 12.4. The van der Waals surface area contributed by atoms with Crippen LogP contribution in [0.1, 0.15) is 50.3 Å². The van der Waals surface area contributed by atoms with Crippen molar-refractivity contribution in [3.8, 4) is 0 Å². The zero-order valence-corrected chi connectivity index (χ0v) is 23.2. The van der Waals surface area contributed by atoms with E-state index in [1.807, 2.05) is 6.92 Å². The first-order valence-corrected chi connectivity index (χ1v) is 14.6. The summed E-state index contributed by atoms with van der Waals surface area (Å²) in [5.41, 5.74) is 3.93. The van der Waals surface area contributed by atoms with Crippen LogP contribution in [0.4, 0.5) is 0 Å². The van der Waals surface area contributed by atoms with E-state index in [9.17, 15) is 23.1 Å². The molecule has 2 aliphatic rings. The Morgan fingerprint density at radius 2 is 2.03 bits per heavy atom. The van der Waals surface area contributed by atoms with Crippen LogP contribution in [0.25, 0.3) is 0 Å². The van der Waals surface area contributed by atoms with Gasteiger partial charge in [0, 0.05) is 54.7 Å². The van der Waals surface area contributed by atoms with Crippen molar-refractivity contribution in [2.24, 2.45) is 11.1 Å². The van der Waals surface area contributed by atoms with Crippen LogP contribution in [-0.4, -0.2) is 72.0 Å². The molecule has 5 atom stereocenters. The van der Waals surface area contributed by atoms with Crippen LogP contribution >= 0.6 is 11.8 Å². The topological polar surface area (TPSA) is 133 Å². The van der Waals surface area contributed by atoms with Crippen LogP contribution in [-0.2, 0) is 26.3 Å². The highest BCUT2D eigenvalue weighted by atomic mass is 32.2. The van der Waals surface area contributed by atoms with Gasteiger partial charge in [0.15, 0.2) is 6.29 Å². The summed E-state index contributed by atoms with van der Waals surface area (Å²) in [7, 11) is -3.82. The van der Waals surface area contributed by atoms with E-state index in [-0.39, 0.29) is 35.7 Å². The number of carbonyl (C=O) groups is 2. The molecule has 0 aromatic heterocycles. The number of carbonyl (C=O) groups excluding carboxylic acids is 2. The monoisotopic (exact) mass is 538 g/mol. The van der Waals surface area contributed by atoms with Gasteiger partial charge in [-0.25, -0.2) is 9.86 Å². The Morgan fingerprint density at radius 3 is 2.58 bits per heavy atom. The first-order chi connectivity index (χ1) is 16.8. The lowest BCUT2D eigenvalue weighted by atomic mass is 9.98. The lowest BCUT2D eigenvalue weighted by molar-refractivity contribution is -0.130. The van der Waals surface area contributed by atoms with Crippen LogP contribution in [0.3, 0.4) is 0 Å². The average molecular weight is 539 g/mol. The van der Waals surface area contributed by atoms with Gasteiger partial charge in [-0.3, -0.25) is 14.5 Å². The highest BCUT2D eigenvalue weighted by molar-refractivity contribution is 8.03. The summed E-state index contributed by atoms with van der Waals surface area (Å²) >= 11 is 1.59. The second-order valence-electron chi connectivity index (χ2n) is 10.1. The fourth-order valence-electron chi connectivity index (χ4n) is 5.23. The predicted octanol–water partition coefficient (Wildman–Crippen LogP) is 1.82. The van der Waals surface area contributed by atoms with Gasteiger partial charge >= 0.3 is 0 Å². The molecule has 11 heteroatoms. The molecule has 0 aliphatic carbocycles. The number of benzene rings is 1. The highest BCUT2D eigenvalue weighted by Gasteiger charge is 2.43. The van der Waals surface area contributed by atoms with Crippen molar-refractivity contribution >= 4 is 34.2 Å². The molecule has 0 bridgehead atoms. The minimum Gasteiger partial charge on any atom is -0.393 e. The van der Waals surface area contributed by atoms with E-state index in [1.165, 1.54) is 23.0 Å². The zero-order chi connectivity index (χ0) is 26.8. The summed E-state index contributed by atoms with van der Waals surface area (Å²) in [4.78, 5) is 29.1. The molecule has 1 aromatic rings. The van der Waals surface area contributed by atoms with Gasteiger partial charge in [-0.2, -0.15) is 8.42 Å². The van der Waals surface area contributed by atoms with Crippen molar-refractivity contribution in [3.05, 3.63) is 45.5 Å². The van der Waals surface area contributed by atoms with Gasteiger partial charge in [-0.05, 0) is 50.3 Å². The Balaban J connectivity index is 1.83. The molecule has 0 unspecified atom stereocenters. The predicted molar refractivity (Wildman–Crippen MR) is 142 cm³/mol. The molecule has 0 radical (unpaired) electrons. The second-order valence-corrected chi connectivity index (χ2v) is 12.8. The van der Waals surface area contributed by atoms with E-state index in [2.05, 4.69) is 41.7 Å². The van der Waals surface area contributed by atoms with E-state index >= 15 is 0 Å². The first kappa shape index (κ1) is 28.8. The third-order valence-electron chi connectivity index (χ3n) is 7.13. The molecule has 1 aromatic carbocycles. The lowest BCUT2D eigenvalue weighted by Crippen LogP contribution is -2.42. The molecule has 0 saturated carbocycles. The van der Waals surface area contributed by atoms with Crippen molar-refractivity contribution < 1.29 is 23.1 Å². The number of nitrogens with two attached hydrogens (primary N) is 1. The number of hydrogen-bond donors (Lipinski definition) is 3. The summed E-state index contributed by atoms with van der Waals surface area (Å²) in [5, 5.41) is 15.3. The summed E-state index contributed by atoms with van der Waals surface area (Å²) in [6.45, 7) is 10.8. The van der Waals surface area contributed by atoms with Crippen LogP contribution in [0, 0.1) is 19.8 Å². The lowest BCUT2D eigenvalue weighted by Gasteiger charge is -2.28. The number of aldehydes is 1. The number of aliphatic hydroxyl groups excluding tert-OH is 1. The number of aliphatic hydroxyl groups is 1. The van der Waals surface area contributed by atoms with Gasteiger partial charge < -0.3 is 10.0 Å². The van der Waals surface area contributed by atoms with E-state index < -0.39 is 16.3 Å². The number of nitrogens with one attached hydrogen (secondary N) is 1.